The molecule has 4 nitrogen and oxygen atoms in total. The number of hydrogen-bond donors (Lipinski definition) is 0. The van der Waals surface area contributed by atoms with E-state index >= 15 is 0 Å². The van der Waals surface area contributed by atoms with Gasteiger partial charge in [-0.1, -0.05) is 20.8 Å². The van der Waals surface area contributed by atoms with E-state index in [0.29, 0.717) is 11.6 Å². The summed E-state index contributed by atoms with van der Waals surface area (Å²) in [5.74, 6) is 0.491. The summed E-state index contributed by atoms with van der Waals surface area (Å²) < 4.78 is 5.00. The highest BCUT2D eigenvalue weighted by Crippen LogP contribution is 2.20. The van der Waals surface area contributed by atoms with Crippen LogP contribution in [0.15, 0.2) is 12.4 Å². The molecule has 0 aromatic carbocycles. The van der Waals surface area contributed by atoms with Gasteiger partial charge in [-0.05, 0) is 5.92 Å². The van der Waals surface area contributed by atoms with Crippen molar-refractivity contribution in [3.63, 3.8) is 0 Å². The zero-order chi connectivity index (χ0) is 11.4. The van der Waals surface area contributed by atoms with Crippen LogP contribution in [0.25, 0.3) is 0 Å². The Hall–Kier alpha value is -1.45. The molecule has 0 aliphatic carbocycles. The number of carbonyl (C=O) groups is 1. The number of hydrogen-bond acceptors (Lipinski definition) is 4. The predicted molar refractivity (Wildman–Crippen MR) is 56.9 cm³/mol. The molecule has 0 radical (unpaired) electrons. The first kappa shape index (κ1) is 11.6. The van der Waals surface area contributed by atoms with Gasteiger partial charge in [0.1, 0.15) is 0 Å². The number of Topliss-reactive ketones (excluding diaryl/α,β-unsaturated/α-hetero) is 1. The average molecular weight is 208 g/mol. The van der Waals surface area contributed by atoms with E-state index in [9.17, 15) is 4.79 Å². The van der Waals surface area contributed by atoms with Crippen LogP contribution in [0.2, 0.25) is 0 Å². The molecular weight excluding hydrogens is 192 g/mol. The first-order chi connectivity index (χ1) is 7.07. The number of carbonyl (C=O) groups excluding carboxylic acids is 1. The van der Waals surface area contributed by atoms with E-state index < -0.39 is 0 Å². The first-order valence-electron chi connectivity index (χ1n) is 4.97. The number of ketones is 1. The van der Waals surface area contributed by atoms with Gasteiger partial charge in [0.05, 0.1) is 7.11 Å². The van der Waals surface area contributed by atoms with Crippen molar-refractivity contribution in [1.29, 1.82) is 0 Å². The molecule has 0 bridgehead atoms. The Morgan fingerprint density at radius 2 is 1.87 bits per heavy atom. The molecule has 0 saturated carbocycles. The molecule has 15 heavy (non-hydrogen) atoms. The second-order valence-corrected chi connectivity index (χ2v) is 3.81. The third-order valence-corrected chi connectivity index (χ3v) is 2.50. The van der Waals surface area contributed by atoms with Crippen LogP contribution in [-0.4, -0.2) is 22.9 Å². The molecule has 1 aromatic rings. The van der Waals surface area contributed by atoms with E-state index in [0.717, 1.165) is 0 Å². The van der Waals surface area contributed by atoms with Gasteiger partial charge in [-0.15, -0.1) is 0 Å². The highest BCUT2D eigenvalue weighted by atomic mass is 16.5. The maximum Gasteiger partial charge on any atom is 0.243 e. The van der Waals surface area contributed by atoms with Crippen molar-refractivity contribution in [1.82, 2.24) is 9.97 Å². The zero-order valence-corrected chi connectivity index (χ0v) is 9.52. The molecular formula is C11H16N2O2. The minimum atomic E-state index is -0.0735. The fourth-order valence-electron chi connectivity index (χ4n) is 1.16. The number of nitrogens with zero attached hydrogens (tertiary/aromatic N) is 2. The molecule has 0 fully saturated rings. The lowest BCUT2D eigenvalue weighted by Gasteiger charge is -2.14. The second-order valence-electron chi connectivity index (χ2n) is 3.81. The van der Waals surface area contributed by atoms with E-state index in [-0.39, 0.29) is 17.6 Å². The molecule has 1 aromatic heterocycles. The van der Waals surface area contributed by atoms with Crippen molar-refractivity contribution in [3.05, 3.63) is 18.1 Å². The van der Waals surface area contributed by atoms with Crippen LogP contribution in [0.3, 0.4) is 0 Å². The Morgan fingerprint density at radius 3 is 2.40 bits per heavy atom. The van der Waals surface area contributed by atoms with Crippen molar-refractivity contribution >= 4 is 5.78 Å². The third-order valence-electron chi connectivity index (χ3n) is 2.50. The van der Waals surface area contributed by atoms with Gasteiger partial charge in [0.15, 0.2) is 11.5 Å². The molecule has 0 amide bonds. The molecule has 4 heteroatoms. The standard InChI is InChI=1S/C11H16N2O2/c1-7(2)8(3)10(14)9-11(15-4)13-6-5-12-9/h5-8H,1-4H3. The Balaban J connectivity index is 3.00. The summed E-state index contributed by atoms with van der Waals surface area (Å²) in [6.07, 6.45) is 3.01. The highest BCUT2D eigenvalue weighted by Gasteiger charge is 2.23. The quantitative estimate of drug-likeness (QED) is 0.710. The molecule has 1 unspecified atom stereocenters. The van der Waals surface area contributed by atoms with Crippen molar-refractivity contribution in [3.8, 4) is 5.88 Å². The van der Waals surface area contributed by atoms with E-state index in [4.69, 9.17) is 4.74 Å². The molecule has 1 atom stereocenters. The first-order valence-corrected chi connectivity index (χ1v) is 4.97. The lowest BCUT2D eigenvalue weighted by atomic mass is 9.92. The molecule has 0 aliphatic rings. The molecule has 1 rings (SSSR count). The summed E-state index contributed by atoms with van der Waals surface area (Å²) in [4.78, 5) is 20.0. The summed E-state index contributed by atoms with van der Waals surface area (Å²) in [7, 11) is 1.49. The van der Waals surface area contributed by atoms with Crippen molar-refractivity contribution < 1.29 is 9.53 Å². The number of methoxy groups -OCH3 is 1. The van der Waals surface area contributed by atoms with E-state index in [1.807, 2.05) is 20.8 Å². The molecule has 0 N–H and O–H groups in total. The third kappa shape index (κ3) is 2.52. The summed E-state index contributed by atoms with van der Waals surface area (Å²) in [5, 5.41) is 0. The molecule has 82 valence electrons. The Labute approximate surface area is 89.7 Å². The Morgan fingerprint density at radius 1 is 1.27 bits per heavy atom. The summed E-state index contributed by atoms with van der Waals surface area (Å²) in [5.41, 5.74) is 0.321. The van der Waals surface area contributed by atoms with Crippen molar-refractivity contribution in [2.45, 2.75) is 20.8 Å². The lowest BCUT2D eigenvalue weighted by Crippen LogP contribution is -2.19. The molecule has 0 saturated heterocycles. The average Bonchev–Trinajstić information content (AvgIpc) is 2.26. The van der Waals surface area contributed by atoms with Crippen molar-refractivity contribution in [2.75, 3.05) is 7.11 Å². The van der Waals surface area contributed by atoms with Crippen LogP contribution in [-0.2, 0) is 0 Å². The van der Waals surface area contributed by atoms with E-state index in [1.54, 1.807) is 0 Å². The number of rotatable bonds is 4. The van der Waals surface area contributed by atoms with Crippen molar-refractivity contribution in [2.24, 2.45) is 11.8 Å². The van der Waals surface area contributed by atoms with Crippen LogP contribution in [0.1, 0.15) is 31.3 Å². The normalized spacial score (nSPS) is 12.6. The van der Waals surface area contributed by atoms with Gasteiger partial charge >= 0.3 is 0 Å². The zero-order valence-electron chi connectivity index (χ0n) is 9.52. The molecule has 0 spiro atoms. The van der Waals surface area contributed by atoms with Gasteiger partial charge in [-0.2, -0.15) is 0 Å². The monoisotopic (exact) mass is 208 g/mol. The SMILES string of the molecule is COc1nccnc1C(=O)C(C)C(C)C. The smallest absolute Gasteiger partial charge is 0.243 e. The maximum absolute atomic E-state index is 12.0. The van der Waals surface area contributed by atoms with Gasteiger partial charge < -0.3 is 4.74 Å². The Kier molecular flexibility index (Phi) is 3.77. The lowest BCUT2D eigenvalue weighted by molar-refractivity contribution is 0.0890. The largest absolute Gasteiger partial charge is 0.479 e. The summed E-state index contributed by atoms with van der Waals surface area (Å²) in [6, 6.07) is 0. The second kappa shape index (κ2) is 4.87. The topological polar surface area (TPSA) is 52.1 Å². The Bertz CT molecular complexity index is 350. The minimum absolute atomic E-state index is 0.0186. The number of aromatic nitrogens is 2. The van der Waals surface area contributed by atoms with E-state index in [2.05, 4.69) is 9.97 Å². The van der Waals surface area contributed by atoms with Gasteiger partial charge in [0.2, 0.25) is 5.88 Å². The maximum atomic E-state index is 12.0. The fourth-order valence-corrected chi connectivity index (χ4v) is 1.16. The summed E-state index contributed by atoms with van der Waals surface area (Å²) >= 11 is 0. The predicted octanol–water partition coefficient (Wildman–Crippen LogP) is 1.96. The fraction of sp³-hybridized carbons (Fsp3) is 0.545. The van der Waals surface area contributed by atoms with Crippen LogP contribution < -0.4 is 4.74 Å². The minimum Gasteiger partial charge on any atom is -0.479 e. The van der Waals surface area contributed by atoms with Crippen LogP contribution in [0.4, 0.5) is 0 Å². The molecule has 0 aliphatic heterocycles. The van der Waals surface area contributed by atoms with Crippen LogP contribution in [0.5, 0.6) is 5.88 Å². The summed E-state index contributed by atoms with van der Waals surface area (Å²) in [6.45, 7) is 5.90. The van der Waals surface area contributed by atoms with Crippen LogP contribution >= 0.6 is 0 Å². The van der Waals surface area contributed by atoms with Gasteiger partial charge in [-0.3, -0.25) is 4.79 Å². The van der Waals surface area contributed by atoms with Gasteiger partial charge in [-0.25, -0.2) is 9.97 Å². The van der Waals surface area contributed by atoms with Gasteiger partial charge in [0, 0.05) is 18.3 Å². The number of ether oxygens (including phenoxy) is 1. The van der Waals surface area contributed by atoms with E-state index in [1.165, 1.54) is 19.5 Å². The van der Waals surface area contributed by atoms with Gasteiger partial charge in [0.25, 0.3) is 0 Å². The molecule has 1 heterocycles. The van der Waals surface area contributed by atoms with Crippen LogP contribution in [0, 0.1) is 11.8 Å². The highest BCUT2D eigenvalue weighted by molar-refractivity contribution is 5.97.